The lowest BCUT2D eigenvalue weighted by Gasteiger charge is -2.15. The fraction of sp³-hybridized carbons (Fsp3) is 0.308. The molecule has 1 unspecified atom stereocenters. The van der Waals surface area contributed by atoms with Gasteiger partial charge in [0.1, 0.15) is 0 Å². The fourth-order valence-electron chi connectivity index (χ4n) is 1.92. The molecule has 1 aromatic heterocycles. The van der Waals surface area contributed by atoms with Crippen LogP contribution in [0.15, 0.2) is 24.3 Å². The third-order valence-corrected chi connectivity index (χ3v) is 4.08. The predicted octanol–water partition coefficient (Wildman–Crippen LogP) is 3.72. The average molecular weight is 267 g/mol. The monoisotopic (exact) mass is 266 g/mol. The Morgan fingerprint density at radius 3 is 2.35 bits per heavy atom. The van der Waals surface area contributed by atoms with Crippen molar-refractivity contribution in [2.24, 2.45) is 0 Å². The molecule has 0 saturated heterocycles. The number of nitrogens with one attached hydrogen (secondary N) is 1. The number of thiazole rings is 1. The number of rotatable bonds is 3. The summed E-state index contributed by atoms with van der Waals surface area (Å²) in [5, 5.41) is 5.20. The van der Waals surface area contributed by atoms with Gasteiger partial charge < -0.3 is 5.32 Å². The molecule has 1 N–H and O–H groups in total. The van der Waals surface area contributed by atoms with Crippen LogP contribution in [-0.2, 0) is 0 Å². The number of halogens is 1. The third-order valence-electron chi connectivity index (χ3n) is 2.69. The molecule has 0 bridgehead atoms. The molecule has 0 aliphatic rings. The Hall–Kier alpha value is -0.900. The number of aromatic nitrogens is 1. The van der Waals surface area contributed by atoms with E-state index in [1.165, 1.54) is 10.4 Å². The van der Waals surface area contributed by atoms with Crippen molar-refractivity contribution in [3.8, 4) is 0 Å². The van der Waals surface area contributed by atoms with Crippen molar-refractivity contribution in [2.45, 2.75) is 19.9 Å². The first-order valence-corrected chi connectivity index (χ1v) is 6.68. The van der Waals surface area contributed by atoms with Crippen LogP contribution in [0, 0.1) is 13.8 Å². The fourth-order valence-corrected chi connectivity index (χ4v) is 3.11. The molecule has 0 amide bonds. The van der Waals surface area contributed by atoms with E-state index in [9.17, 15) is 0 Å². The van der Waals surface area contributed by atoms with Gasteiger partial charge in [-0.15, -0.1) is 11.3 Å². The van der Waals surface area contributed by atoms with Crippen LogP contribution >= 0.6 is 22.9 Å². The molecule has 2 nitrogen and oxygen atoms in total. The summed E-state index contributed by atoms with van der Waals surface area (Å²) in [6.07, 6.45) is 0. The molecule has 90 valence electrons. The summed E-state index contributed by atoms with van der Waals surface area (Å²) in [7, 11) is 1.97. The van der Waals surface area contributed by atoms with Gasteiger partial charge >= 0.3 is 0 Å². The summed E-state index contributed by atoms with van der Waals surface area (Å²) < 4.78 is 0. The van der Waals surface area contributed by atoms with Gasteiger partial charge in [0.15, 0.2) is 0 Å². The number of benzene rings is 1. The molecule has 0 radical (unpaired) electrons. The lowest BCUT2D eigenvalue weighted by Crippen LogP contribution is -2.17. The molecular formula is C13H15ClN2S. The second-order valence-corrected chi connectivity index (χ2v) is 5.63. The van der Waals surface area contributed by atoms with Gasteiger partial charge in [-0.25, -0.2) is 4.98 Å². The average Bonchev–Trinajstić information content (AvgIpc) is 2.62. The van der Waals surface area contributed by atoms with E-state index in [0.29, 0.717) is 0 Å². The first kappa shape index (κ1) is 12.6. The molecular weight excluding hydrogens is 252 g/mol. The van der Waals surface area contributed by atoms with Gasteiger partial charge in [0, 0.05) is 9.90 Å². The molecule has 1 atom stereocenters. The molecule has 0 saturated carbocycles. The number of hydrogen-bond acceptors (Lipinski definition) is 3. The summed E-state index contributed by atoms with van der Waals surface area (Å²) in [5.41, 5.74) is 2.31. The quantitative estimate of drug-likeness (QED) is 0.916. The van der Waals surface area contributed by atoms with Crippen LogP contribution < -0.4 is 5.32 Å². The summed E-state index contributed by atoms with van der Waals surface area (Å²) in [4.78, 5) is 5.75. The second kappa shape index (κ2) is 5.17. The van der Waals surface area contributed by atoms with Gasteiger partial charge in [0.05, 0.1) is 16.7 Å². The maximum absolute atomic E-state index is 5.91. The number of aryl methyl sites for hydroxylation is 2. The topological polar surface area (TPSA) is 24.9 Å². The molecule has 4 heteroatoms. The van der Waals surface area contributed by atoms with Crippen LogP contribution in [0.25, 0.3) is 0 Å². The molecule has 1 heterocycles. The lowest BCUT2D eigenvalue weighted by molar-refractivity contribution is 0.698. The van der Waals surface area contributed by atoms with E-state index < -0.39 is 0 Å². The summed E-state index contributed by atoms with van der Waals surface area (Å²) in [5.74, 6) is 0. The van der Waals surface area contributed by atoms with Crippen molar-refractivity contribution < 1.29 is 0 Å². The maximum Gasteiger partial charge on any atom is 0.0900 e. The molecule has 0 fully saturated rings. The van der Waals surface area contributed by atoms with Crippen LogP contribution in [0.1, 0.15) is 27.2 Å². The maximum atomic E-state index is 5.91. The second-order valence-electron chi connectivity index (χ2n) is 3.96. The summed E-state index contributed by atoms with van der Waals surface area (Å²) in [6, 6.07) is 8.14. The largest absolute Gasteiger partial charge is 0.309 e. The van der Waals surface area contributed by atoms with E-state index in [1.807, 2.05) is 26.1 Å². The Balaban J connectivity index is 2.39. The van der Waals surface area contributed by atoms with Crippen molar-refractivity contribution >= 4 is 22.9 Å². The molecule has 17 heavy (non-hydrogen) atoms. The van der Waals surface area contributed by atoms with Crippen molar-refractivity contribution in [3.63, 3.8) is 0 Å². The Labute approximate surface area is 111 Å². The number of nitrogens with zero attached hydrogens (tertiary/aromatic N) is 1. The highest BCUT2D eigenvalue weighted by Crippen LogP contribution is 2.30. The van der Waals surface area contributed by atoms with Crippen LogP contribution in [0.2, 0.25) is 5.02 Å². The van der Waals surface area contributed by atoms with E-state index in [1.54, 1.807) is 11.3 Å². The Morgan fingerprint density at radius 2 is 1.88 bits per heavy atom. The molecule has 2 rings (SSSR count). The Kier molecular flexibility index (Phi) is 3.82. The normalized spacial score (nSPS) is 12.7. The smallest absolute Gasteiger partial charge is 0.0900 e. The van der Waals surface area contributed by atoms with Gasteiger partial charge in [0.2, 0.25) is 0 Å². The first-order valence-electron chi connectivity index (χ1n) is 5.48. The SMILES string of the molecule is CNC(c1ccc(Cl)cc1)c1sc(C)nc1C. The van der Waals surface area contributed by atoms with E-state index >= 15 is 0 Å². The minimum absolute atomic E-state index is 0.193. The molecule has 2 aromatic rings. The zero-order valence-corrected chi connectivity index (χ0v) is 11.7. The standard InChI is InChI=1S/C13H15ClN2S/c1-8-13(17-9(2)16-8)12(15-3)10-4-6-11(14)7-5-10/h4-7,12,15H,1-3H3. The predicted molar refractivity (Wildman–Crippen MR) is 73.9 cm³/mol. The van der Waals surface area contributed by atoms with E-state index in [0.717, 1.165) is 15.7 Å². The summed E-state index contributed by atoms with van der Waals surface area (Å²) in [6.45, 7) is 4.09. The first-order chi connectivity index (χ1) is 8.11. The Morgan fingerprint density at radius 1 is 1.24 bits per heavy atom. The van der Waals surface area contributed by atoms with Crippen LogP contribution in [0.4, 0.5) is 0 Å². The highest BCUT2D eigenvalue weighted by molar-refractivity contribution is 7.11. The third kappa shape index (κ3) is 2.68. The van der Waals surface area contributed by atoms with Crippen LogP contribution in [0.3, 0.4) is 0 Å². The molecule has 1 aromatic carbocycles. The van der Waals surface area contributed by atoms with Crippen molar-refractivity contribution in [1.29, 1.82) is 0 Å². The van der Waals surface area contributed by atoms with Gasteiger partial charge in [0.25, 0.3) is 0 Å². The summed E-state index contributed by atoms with van der Waals surface area (Å²) >= 11 is 7.65. The van der Waals surface area contributed by atoms with E-state index in [4.69, 9.17) is 11.6 Å². The minimum atomic E-state index is 0.193. The van der Waals surface area contributed by atoms with E-state index in [-0.39, 0.29) is 6.04 Å². The zero-order valence-electron chi connectivity index (χ0n) is 10.1. The van der Waals surface area contributed by atoms with Gasteiger partial charge in [-0.05, 0) is 38.6 Å². The van der Waals surface area contributed by atoms with Gasteiger partial charge in [-0.2, -0.15) is 0 Å². The van der Waals surface area contributed by atoms with Crippen LogP contribution in [-0.4, -0.2) is 12.0 Å². The van der Waals surface area contributed by atoms with E-state index in [2.05, 4.69) is 29.4 Å². The van der Waals surface area contributed by atoms with Crippen molar-refractivity contribution in [3.05, 3.63) is 50.4 Å². The molecule has 0 aliphatic carbocycles. The molecule has 0 spiro atoms. The number of hydrogen-bond donors (Lipinski definition) is 1. The van der Waals surface area contributed by atoms with Gasteiger partial charge in [-0.1, -0.05) is 23.7 Å². The van der Waals surface area contributed by atoms with Crippen molar-refractivity contribution in [1.82, 2.24) is 10.3 Å². The minimum Gasteiger partial charge on any atom is -0.309 e. The Bertz CT molecular complexity index is 505. The lowest BCUT2D eigenvalue weighted by atomic mass is 10.0. The van der Waals surface area contributed by atoms with Gasteiger partial charge in [-0.3, -0.25) is 0 Å². The highest BCUT2D eigenvalue weighted by Gasteiger charge is 2.17. The highest BCUT2D eigenvalue weighted by atomic mass is 35.5. The van der Waals surface area contributed by atoms with Crippen molar-refractivity contribution in [2.75, 3.05) is 7.05 Å². The van der Waals surface area contributed by atoms with Crippen LogP contribution in [0.5, 0.6) is 0 Å². The molecule has 0 aliphatic heterocycles. The zero-order chi connectivity index (χ0) is 12.4.